The molecule has 1 rings (SSSR count). The number of carboxylic acid groups (broad SMARTS) is 1. The normalized spacial score (nSPS) is 10.1. The molecule has 0 amide bonds. The molecule has 8 nitrogen and oxygen atoms in total. The van der Waals surface area contributed by atoms with Gasteiger partial charge in [-0.1, -0.05) is 0 Å². The Morgan fingerprint density at radius 3 is 2.67 bits per heavy atom. The number of aliphatic hydroxyl groups excluding tert-OH is 1. The van der Waals surface area contributed by atoms with Gasteiger partial charge in [-0.3, -0.25) is 10.1 Å². The van der Waals surface area contributed by atoms with Crippen LogP contribution >= 0.6 is 0 Å². The predicted octanol–water partition coefficient (Wildman–Crippen LogP) is 0.636. The van der Waals surface area contributed by atoms with Gasteiger partial charge in [-0.25, -0.2) is 4.79 Å². The van der Waals surface area contributed by atoms with Crippen molar-refractivity contribution in [2.24, 2.45) is 0 Å². The van der Waals surface area contributed by atoms with Crippen LogP contribution in [0.25, 0.3) is 0 Å². The van der Waals surface area contributed by atoms with Crippen molar-refractivity contribution in [1.82, 2.24) is 0 Å². The lowest BCUT2D eigenvalue weighted by Crippen LogP contribution is -2.07. The fourth-order valence-electron chi connectivity index (χ4n) is 1.27. The van der Waals surface area contributed by atoms with E-state index in [0.29, 0.717) is 6.42 Å². The summed E-state index contributed by atoms with van der Waals surface area (Å²) in [6.45, 7) is -0.0420. The number of aliphatic hydroxyl groups is 1. The van der Waals surface area contributed by atoms with Gasteiger partial charge in [-0.2, -0.15) is 0 Å². The minimum Gasteiger partial charge on any atom is -0.487 e. The maximum Gasteiger partial charge on any atom is 0.338 e. The maximum atomic E-state index is 10.8. The molecule has 0 aliphatic rings. The SMILES string of the molecule is Nc1cc(OCCCO)c([N+](=O)[O-])cc1C(=O)O. The average Bonchev–Trinajstić information content (AvgIpc) is 2.28. The molecule has 8 heteroatoms. The van der Waals surface area contributed by atoms with Crippen molar-refractivity contribution >= 4 is 17.3 Å². The predicted molar refractivity (Wildman–Crippen MR) is 61.7 cm³/mol. The standard InChI is InChI=1S/C10H12N2O6/c11-7-5-9(18-3-1-2-13)8(12(16)17)4-6(7)10(14)15/h4-5,13H,1-3,11H2,(H,14,15). The lowest BCUT2D eigenvalue weighted by Gasteiger charge is -2.08. The van der Waals surface area contributed by atoms with Crippen LogP contribution in [0.2, 0.25) is 0 Å². The number of nitrogens with two attached hydrogens (primary N) is 1. The van der Waals surface area contributed by atoms with E-state index in [2.05, 4.69) is 0 Å². The molecule has 4 N–H and O–H groups in total. The molecule has 0 heterocycles. The number of carbonyl (C=O) groups is 1. The second-order valence-corrected chi connectivity index (χ2v) is 3.40. The van der Waals surface area contributed by atoms with Crippen LogP contribution in [0.3, 0.4) is 0 Å². The van der Waals surface area contributed by atoms with Crippen molar-refractivity contribution in [3.8, 4) is 5.75 Å². The van der Waals surface area contributed by atoms with Gasteiger partial charge in [-0.15, -0.1) is 0 Å². The van der Waals surface area contributed by atoms with Crippen LogP contribution in [0, 0.1) is 10.1 Å². The van der Waals surface area contributed by atoms with E-state index in [9.17, 15) is 14.9 Å². The molecule has 0 unspecified atom stereocenters. The van der Waals surface area contributed by atoms with E-state index in [1.807, 2.05) is 0 Å². The van der Waals surface area contributed by atoms with Crippen LogP contribution < -0.4 is 10.5 Å². The summed E-state index contributed by atoms with van der Waals surface area (Å²) >= 11 is 0. The van der Waals surface area contributed by atoms with Crippen molar-refractivity contribution in [3.63, 3.8) is 0 Å². The van der Waals surface area contributed by atoms with Crippen LogP contribution in [0.1, 0.15) is 16.8 Å². The van der Waals surface area contributed by atoms with E-state index >= 15 is 0 Å². The molecule has 98 valence electrons. The fourth-order valence-corrected chi connectivity index (χ4v) is 1.27. The zero-order chi connectivity index (χ0) is 13.7. The molecule has 0 aliphatic carbocycles. The monoisotopic (exact) mass is 256 g/mol. The number of hydrogen-bond acceptors (Lipinski definition) is 6. The Morgan fingerprint density at radius 1 is 1.50 bits per heavy atom. The Labute approximate surface area is 102 Å². The number of anilines is 1. The van der Waals surface area contributed by atoms with Crippen LogP contribution in [-0.2, 0) is 0 Å². The summed E-state index contributed by atoms with van der Waals surface area (Å²) in [7, 11) is 0. The molecule has 0 spiro atoms. The third-order valence-corrected chi connectivity index (χ3v) is 2.12. The summed E-state index contributed by atoms with van der Waals surface area (Å²) in [5, 5.41) is 28.2. The first-order chi connectivity index (χ1) is 8.47. The highest BCUT2D eigenvalue weighted by Gasteiger charge is 2.21. The van der Waals surface area contributed by atoms with Crippen molar-refractivity contribution in [3.05, 3.63) is 27.8 Å². The third kappa shape index (κ3) is 3.08. The van der Waals surface area contributed by atoms with Crippen LogP contribution in [-0.4, -0.2) is 34.3 Å². The van der Waals surface area contributed by atoms with E-state index in [1.165, 1.54) is 0 Å². The van der Waals surface area contributed by atoms with Crippen molar-refractivity contribution in [2.75, 3.05) is 18.9 Å². The van der Waals surface area contributed by atoms with E-state index in [1.54, 1.807) is 0 Å². The van der Waals surface area contributed by atoms with Crippen LogP contribution in [0.15, 0.2) is 12.1 Å². The van der Waals surface area contributed by atoms with Gasteiger partial charge in [0.05, 0.1) is 22.8 Å². The van der Waals surface area contributed by atoms with Gasteiger partial charge in [-0.05, 0) is 0 Å². The zero-order valence-electron chi connectivity index (χ0n) is 9.33. The number of aromatic carboxylic acids is 1. The number of hydrogen-bond donors (Lipinski definition) is 3. The highest BCUT2D eigenvalue weighted by molar-refractivity contribution is 5.95. The average molecular weight is 256 g/mol. The molecular weight excluding hydrogens is 244 g/mol. The number of nitrogen functional groups attached to an aromatic ring is 1. The van der Waals surface area contributed by atoms with Crippen LogP contribution in [0.4, 0.5) is 11.4 Å². The Morgan fingerprint density at radius 2 is 2.17 bits per heavy atom. The number of nitro groups is 1. The topological polar surface area (TPSA) is 136 Å². The molecule has 1 aromatic carbocycles. The number of nitro benzene ring substituents is 1. The fraction of sp³-hybridized carbons (Fsp3) is 0.300. The molecule has 0 atom stereocenters. The van der Waals surface area contributed by atoms with Gasteiger partial charge in [0.2, 0.25) is 0 Å². The van der Waals surface area contributed by atoms with Gasteiger partial charge in [0.15, 0.2) is 5.75 Å². The van der Waals surface area contributed by atoms with Crippen molar-refractivity contribution in [1.29, 1.82) is 0 Å². The molecule has 0 saturated heterocycles. The lowest BCUT2D eigenvalue weighted by molar-refractivity contribution is -0.385. The first kappa shape index (κ1) is 13.7. The summed E-state index contributed by atoms with van der Waals surface area (Å²) in [6.07, 6.45) is 0.303. The molecule has 0 aliphatic heterocycles. The molecule has 0 radical (unpaired) electrons. The largest absolute Gasteiger partial charge is 0.487 e. The highest BCUT2D eigenvalue weighted by Crippen LogP contribution is 2.32. The number of ether oxygens (including phenoxy) is 1. The summed E-state index contributed by atoms with van der Waals surface area (Å²) in [6, 6.07) is 1.95. The zero-order valence-corrected chi connectivity index (χ0v) is 9.33. The van der Waals surface area contributed by atoms with E-state index in [4.69, 9.17) is 20.7 Å². The molecule has 1 aromatic rings. The number of rotatable bonds is 6. The van der Waals surface area contributed by atoms with E-state index in [0.717, 1.165) is 12.1 Å². The molecule has 0 bridgehead atoms. The number of carboxylic acids is 1. The minimum atomic E-state index is -1.35. The molecule has 18 heavy (non-hydrogen) atoms. The van der Waals surface area contributed by atoms with Gasteiger partial charge in [0, 0.05) is 25.2 Å². The summed E-state index contributed by atoms with van der Waals surface area (Å²) in [4.78, 5) is 20.8. The Balaban J connectivity index is 3.12. The van der Waals surface area contributed by atoms with E-state index < -0.39 is 16.6 Å². The van der Waals surface area contributed by atoms with Crippen molar-refractivity contribution < 1.29 is 24.7 Å². The molecule has 0 fully saturated rings. The first-order valence-electron chi connectivity index (χ1n) is 5.02. The summed E-state index contributed by atoms with van der Waals surface area (Å²) in [5.74, 6) is -1.46. The number of benzene rings is 1. The van der Waals surface area contributed by atoms with E-state index in [-0.39, 0.29) is 30.2 Å². The van der Waals surface area contributed by atoms with Crippen molar-refractivity contribution in [2.45, 2.75) is 6.42 Å². The van der Waals surface area contributed by atoms with Gasteiger partial charge < -0.3 is 20.7 Å². The highest BCUT2D eigenvalue weighted by atomic mass is 16.6. The summed E-state index contributed by atoms with van der Waals surface area (Å²) in [5.41, 5.74) is 4.52. The smallest absolute Gasteiger partial charge is 0.338 e. The van der Waals surface area contributed by atoms with Gasteiger partial charge in [0.25, 0.3) is 0 Å². The summed E-state index contributed by atoms with van der Waals surface area (Å²) < 4.78 is 5.08. The number of nitrogens with zero attached hydrogens (tertiary/aromatic N) is 1. The quantitative estimate of drug-likeness (QED) is 0.294. The Kier molecular flexibility index (Phi) is 4.44. The Hall–Kier alpha value is -2.35. The first-order valence-corrected chi connectivity index (χ1v) is 5.02. The lowest BCUT2D eigenvalue weighted by atomic mass is 10.1. The molecular formula is C10H12N2O6. The van der Waals surface area contributed by atoms with Gasteiger partial charge >= 0.3 is 11.7 Å². The molecule has 0 aromatic heterocycles. The third-order valence-electron chi connectivity index (χ3n) is 2.12. The maximum absolute atomic E-state index is 10.8. The minimum absolute atomic E-state index is 0.0726. The second kappa shape index (κ2) is 5.82. The van der Waals surface area contributed by atoms with Gasteiger partial charge in [0.1, 0.15) is 0 Å². The molecule has 0 saturated carbocycles. The second-order valence-electron chi connectivity index (χ2n) is 3.40. The Bertz CT molecular complexity index is 474. The van der Waals surface area contributed by atoms with Crippen LogP contribution in [0.5, 0.6) is 5.75 Å².